The van der Waals surface area contributed by atoms with Crippen LogP contribution < -0.4 is 9.62 Å². The molecule has 2 amide bonds. The predicted molar refractivity (Wildman–Crippen MR) is 145 cm³/mol. The van der Waals surface area contributed by atoms with Crippen molar-refractivity contribution in [2.24, 2.45) is 0 Å². The lowest BCUT2D eigenvalue weighted by Crippen LogP contribution is -2.50. The molecule has 3 aromatic carbocycles. The molecule has 0 aliphatic carbocycles. The van der Waals surface area contributed by atoms with E-state index in [0.717, 1.165) is 19.9 Å². The summed E-state index contributed by atoms with van der Waals surface area (Å²) in [6.07, 6.45) is 0. The van der Waals surface area contributed by atoms with Crippen molar-refractivity contribution in [1.82, 2.24) is 10.2 Å². The number of hydrogen-bond donors (Lipinski definition) is 1. The van der Waals surface area contributed by atoms with Crippen molar-refractivity contribution in [3.05, 3.63) is 93.4 Å². The summed E-state index contributed by atoms with van der Waals surface area (Å²) in [6, 6.07) is 19.1. The number of halogens is 2. The summed E-state index contributed by atoms with van der Waals surface area (Å²) in [5, 5.41) is 3.10. The largest absolute Gasteiger partial charge is 0.357 e. The Morgan fingerprint density at radius 2 is 1.56 bits per heavy atom. The van der Waals surface area contributed by atoms with Gasteiger partial charge in [0, 0.05) is 23.1 Å². The van der Waals surface area contributed by atoms with E-state index in [1.807, 2.05) is 6.92 Å². The molecule has 10 heteroatoms. The molecule has 0 radical (unpaired) electrons. The summed E-state index contributed by atoms with van der Waals surface area (Å²) in [7, 11) is -2.60. The van der Waals surface area contributed by atoms with E-state index in [4.69, 9.17) is 11.6 Å². The molecule has 0 fully saturated rings. The van der Waals surface area contributed by atoms with Crippen molar-refractivity contribution < 1.29 is 18.0 Å². The number of benzene rings is 3. The van der Waals surface area contributed by atoms with Gasteiger partial charge in [-0.2, -0.15) is 0 Å². The highest BCUT2D eigenvalue weighted by Gasteiger charge is 2.32. The van der Waals surface area contributed by atoms with Crippen LogP contribution in [-0.2, 0) is 26.2 Å². The van der Waals surface area contributed by atoms with Gasteiger partial charge in [-0.05, 0) is 67.9 Å². The number of nitrogens with zero attached hydrogens (tertiary/aromatic N) is 2. The minimum absolute atomic E-state index is 0.0624. The van der Waals surface area contributed by atoms with Gasteiger partial charge in [0.1, 0.15) is 12.6 Å². The van der Waals surface area contributed by atoms with E-state index in [-0.39, 0.29) is 17.3 Å². The molecule has 0 aromatic heterocycles. The number of aryl methyl sites for hydroxylation is 1. The van der Waals surface area contributed by atoms with E-state index in [1.54, 1.807) is 67.6 Å². The Labute approximate surface area is 225 Å². The number of likely N-dealkylation sites (N-methyl/N-ethyl adjacent to an activating group) is 1. The monoisotopic (exact) mass is 591 g/mol. The fourth-order valence-corrected chi connectivity index (χ4v) is 5.36. The Hall–Kier alpha value is -2.88. The molecule has 3 aromatic rings. The summed E-state index contributed by atoms with van der Waals surface area (Å²) in [6.45, 7) is 3.07. The number of rotatable bonds is 9. The van der Waals surface area contributed by atoms with Crippen molar-refractivity contribution >= 4 is 55.1 Å². The van der Waals surface area contributed by atoms with Crippen LogP contribution in [-0.4, -0.2) is 44.8 Å². The second kappa shape index (κ2) is 11.9. The van der Waals surface area contributed by atoms with Crippen molar-refractivity contribution in [3.8, 4) is 0 Å². The van der Waals surface area contributed by atoms with E-state index < -0.39 is 28.5 Å². The molecule has 1 atom stereocenters. The molecular formula is C26H27BrClN3O4S. The number of carbonyl (C=O) groups excluding carboxylic acids is 2. The normalized spacial score (nSPS) is 12.0. The van der Waals surface area contributed by atoms with Crippen molar-refractivity contribution in [1.29, 1.82) is 0 Å². The summed E-state index contributed by atoms with van der Waals surface area (Å²) < 4.78 is 29.2. The van der Waals surface area contributed by atoms with Crippen LogP contribution in [0.1, 0.15) is 18.1 Å². The Kier molecular flexibility index (Phi) is 9.16. The third kappa shape index (κ3) is 6.66. The zero-order chi connectivity index (χ0) is 26.5. The smallest absolute Gasteiger partial charge is 0.264 e. The Morgan fingerprint density at radius 3 is 2.11 bits per heavy atom. The van der Waals surface area contributed by atoms with E-state index in [0.29, 0.717) is 10.7 Å². The molecule has 7 nitrogen and oxygen atoms in total. The molecule has 3 rings (SSSR count). The Balaban J connectivity index is 2.01. The fourth-order valence-electron chi connectivity index (χ4n) is 3.55. The fraction of sp³-hybridized carbons (Fsp3) is 0.231. The highest BCUT2D eigenvalue weighted by molar-refractivity contribution is 9.10. The van der Waals surface area contributed by atoms with Crippen LogP contribution in [0.3, 0.4) is 0 Å². The molecule has 0 heterocycles. The van der Waals surface area contributed by atoms with Gasteiger partial charge in [-0.25, -0.2) is 8.42 Å². The van der Waals surface area contributed by atoms with Crippen molar-refractivity contribution in [2.75, 3.05) is 17.9 Å². The lowest BCUT2D eigenvalue weighted by Gasteiger charge is -2.31. The van der Waals surface area contributed by atoms with E-state index in [2.05, 4.69) is 21.2 Å². The van der Waals surface area contributed by atoms with Crippen molar-refractivity contribution in [2.45, 2.75) is 31.3 Å². The first-order valence-electron chi connectivity index (χ1n) is 11.1. The maximum atomic E-state index is 13.7. The first-order valence-corrected chi connectivity index (χ1v) is 13.7. The molecule has 36 heavy (non-hydrogen) atoms. The first-order chi connectivity index (χ1) is 17.0. The summed E-state index contributed by atoms with van der Waals surface area (Å²) in [5.41, 5.74) is 1.99. The molecule has 1 unspecified atom stereocenters. The van der Waals surface area contributed by atoms with Gasteiger partial charge < -0.3 is 10.2 Å². The van der Waals surface area contributed by atoms with Gasteiger partial charge in [-0.15, -0.1) is 0 Å². The third-order valence-electron chi connectivity index (χ3n) is 5.68. The van der Waals surface area contributed by atoms with Gasteiger partial charge in [-0.3, -0.25) is 13.9 Å². The number of anilines is 1. The molecule has 0 aliphatic rings. The van der Waals surface area contributed by atoms with Crippen molar-refractivity contribution in [3.63, 3.8) is 0 Å². The van der Waals surface area contributed by atoms with Crippen LogP contribution >= 0.6 is 27.5 Å². The summed E-state index contributed by atoms with van der Waals surface area (Å²) in [5.74, 6) is -0.895. The van der Waals surface area contributed by atoms with E-state index >= 15 is 0 Å². The second-order valence-corrected chi connectivity index (χ2v) is 11.5. The molecule has 190 valence electrons. The highest BCUT2D eigenvalue weighted by Crippen LogP contribution is 2.26. The summed E-state index contributed by atoms with van der Waals surface area (Å²) >= 11 is 9.35. The van der Waals surface area contributed by atoms with E-state index in [9.17, 15) is 18.0 Å². The Morgan fingerprint density at radius 1 is 0.972 bits per heavy atom. The SMILES string of the molecule is CNC(=O)C(C)N(Cc1ccc(Cl)cc1)C(=O)CN(c1ccc(Br)cc1)S(=O)(=O)c1ccc(C)cc1. The minimum atomic E-state index is -4.09. The van der Waals surface area contributed by atoms with Gasteiger partial charge in [-0.1, -0.05) is 57.4 Å². The molecule has 0 spiro atoms. The quantitative estimate of drug-likeness (QED) is 0.388. The molecule has 1 N–H and O–H groups in total. The van der Waals surface area contributed by atoms with Gasteiger partial charge in [0.15, 0.2) is 0 Å². The second-order valence-electron chi connectivity index (χ2n) is 8.24. The lowest BCUT2D eigenvalue weighted by atomic mass is 10.1. The summed E-state index contributed by atoms with van der Waals surface area (Å²) in [4.78, 5) is 27.6. The van der Waals surface area contributed by atoms with Crippen LogP contribution in [0, 0.1) is 6.92 Å². The average Bonchev–Trinajstić information content (AvgIpc) is 2.86. The standard InChI is InChI=1S/C26H27BrClN3O4S/c1-18-4-14-24(15-5-18)36(34,35)31(23-12-8-21(27)9-13-23)17-25(32)30(19(2)26(33)29-3)16-20-6-10-22(28)11-7-20/h4-15,19H,16-17H2,1-3H3,(H,29,33). The molecule has 0 saturated heterocycles. The van der Waals surface area contributed by atoms with Gasteiger partial charge in [0.25, 0.3) is 10.0 Å². The molecule has 0 bridgehead atoms. The maximum absolute atomic E-state index is 13.7. The molecule has 0 saturated carbocycles. The number of carbonyl (C=O) groups is 2. The number of hydrogen-bond acceptors (Lipinski definition) is 4. The molecular weight excluding hydrogens is 566 g/mol. The Bertz CT molecular complexity index is 1310. The number of nitrogens with one attached hydrogen (secondary N) is 1. The average molecular weight is 593 g/mol. The van der Waals surface area contributed by atoms with Crippen LogP contribution in [0.4, 0.5) is 5.69 Å². The minimum Gasteiger partial charge on any atom is -0.357 e. The number of amides is 2. The topological polar surface area (TPSA) is 86.8 Å². The maximum Gasteiger partial charge on any atom is 0.264 e. The zero-order valence-electron chi connectivity index (χ0n) is 20.1. The molecule has 0 aliphatic heterocycles. The highest BCUT2D eigenvalue weighted by atomic mass is 79.9. The van der Waals surface area contributed by atoms with Gasteiger partial charge in [0.05, 0.1) is 10.6 Å². The van der Waals surface area contributed by atoms with Crippen LogP contribution in [0.5, 0.6) is 0 Å². The third-order valence-corrected chi connectivity index (χ3v) is 8.25. The van der Waals surface area contributed by atoms with Crippen LogP contribution in [0.2, 0.25) is 5.02 Å². The first kappa shape index (κ1) is 27.7. The van der Waals surface area contributed by atoms with E-state index in [1.165, 1.54) is 24.1 Å². The lowest BCUT2D eigenvalue weighted by molar-refractivity contribution is -0.139. The van der Waals surface area contributed by atoms with Crippen LogP contribution in [0.25, 0.3) is 0 Å². The number of sulfonamides is 1. The zero-order valence-corrected chi connectivity index (χ0v) is 23.3. The van der Waals surface area contributed by atoms with Gasteiger partial charge in [0.2, 0.25) is 11.8 Å². The van der Waals surface area contributed by atoms with Gasteiger partial charge >= 0.3 is 0 Å². The van der Waals surface area contributed by atoms with Crippen LogP contribution in [0.15, 0.2) is 82.2 Å². The predicted octanol–water partition coefficient (Wildman–Crippen LogP) is 4.77.